The van der Waals surface area contributed by atoms with E-state index in [1.165, 1.54) is 0 Å². The molecule has 0 aliphatic heterocycles. The van der Waals surface area contributed by atoms with E-state index in [-0.39, 0.29) is 16.9 Å². The maximum Gasteiger partial charge on any atom is 0.261 e. The summed E-state index contributed by atoms with van der Waals surface area (Å²) in [5.41, 5.74) is 4.10. The summed E-state index contributed by atoms with van der Waals surface area (Å²) in [4.78, 5) is 25.9. The van der Waals surface area contributed by atoms with Gasteiger partial charge >= 0.3 is 0 Å². The highest BCUT2D eigenvalue weighted by Crippen LogP contribution is 2.23. The predicted molar refractivity (Wildman–Crippen MR) is 113 cm³/mol. The van der Waals surface area contributed by atoms with Crippen molar-refractivity contribution in [2.75, 3.05) is 18.5 Å². The molecular formula is C21H27BrN2O3. The predicted octanol–water partition coefficient (Wildman–Crippen LogP) is 4.39. The van der Waals surface area contributed by atoms with Crippen molar-refractivity contribution in [1.29, 1.82) is 0 Å². The minimum atomic E-state index is -0.382. The van der Waals surface area contributed by atoms with Crippen molar-refractivity contribution in [1.82, 2.24) is 4.57 Å². The molecule has 2 aromatic rings. The van der Waals surface area contributed by atoms with Gasteiger partial charge in [0.2, 0.25) is 5.43 Å². The van der Waals surface area contributed by atoms with Crippen LogP contribution in [-0.2, 0) is 17.7 Å². The van der Waals surface area contributed by atoms with E-state index in [9.17, 15) is 9.59 Å². The normalized spacial score (nSPS) is 10.9. The molecule has 0 aliphatic rings. The van der Waals surface area contributed by atoms with Crippen molar-refractivity contribution >= 4 is 27.5 Å². The number of anilines is 1. The second-order valence-electron chi connectivity index (χ2n) is 6.45. The van der Waals surface area contributed by atoms with E-state index in [1.807, 2.05) is 50.5 Å². The zero-order valence-electron chi connectivity index (χ0n) is 16.6. The van der Waals surface area contributed by atoms with E-state index in [0.29, 0.717) is 29.9 Å². The van der Waals surface area contributed by atoms with Gasteiger partial charge in [-0.3, -0.25) is 9.59 Å². The van der Waals surface area contributed by atoms with Crippen LogP contribution in [0, 0.1) is 20.8 Å². The Balaban J connectivity index is 2.49. The van der Waals surface area contributed by atoms with Crippen LogP contribution in [0.5, 0.6) is 0 Å². The van der Waals surface area contributed by atoms with Crippen LogP contribution in [0.1, 0.15) is 46.7 Å². The summed E-state index contributed by atoms with van der Waals surface area (Å²) in [6.45, 7) is 11.3. The lowest BCUT2D eigenvalue weighted by molar-refractivity contribution is 0.102. The van der Waals surface area contributed by atoms with E-state index in [1.54, 1.807) is 6.92 Å². The number of benzene rings is 1. The summed E-state index contributed by atoms with van der Waals surface area (Å²) in [5.74, 6) is -0.382. The molecule has 0 unspecified atom stereocenters. The van der Waals surface area contributed by atoms with Gasteiger partial charge in [0, 0.05) is 30.2 Å². The number of amides is 1. The van der Waals surface area contributed by atoms with Gasteiger partial charge in [0.05, 0.1) is 11.1 Å². The molecule has 0 atom stereocenters. The fraction of sp³-hybridized carbons (Fsp3) is 0.429. The third kappa shape index (κ3) is 4.50. The van der Waals surface area contributed by atoms with Gasteiger partial charge in [-0.1, -0.05) is 25.1 Å². The molecule has 0 saturated carbocycles. The molecule has 27 heavy (non-hydrogen) atoms. The number of hydrogen-bond acceptors (Lipinski definition) is 3. The van der Waals surface area contributed by atoms with Crippen LogP contribution >= 0.6 is 15.9 Å². The molecule has 1 amide bonds. The molecule has 6 heteroatoms. The van der Waals surface area contributed by atoms with Crippen molar-refractivity contribution in [2.45, 2.75) is 47.6 Å². The van der Waals surface area contributed by atoms with E-state index in [2.05, 4.69) is 21.2 Å². The second-order valence-corrected chi connectivity index (χ2v) is 7.25. The van der Waals surface area contributed by atoms with Crippen LogP contribution in [-0.4, -0.2) is 23.7 Å². The maximum atomic E-state index is 13.0. The molecule has 0 saturated heterocycles. The first-order valence-electron chi connectivity index (χ1n) is 9.20. The van der Waals surface area contributed by atoms with E-state index in [0.717, 1.165) is 28.9 Å². The molecule has 0 spiro atoms. The molecule has 0 bridgehead atoms. The van der Waals surface area contributed by atoms with Crippen LogP contribution in [0.15, 0.2) is 27.5 Å². The number of ether oxygens (including phenoxy) is 1. The highest BCUT2D eigenvalue weighted by Gasteiger charge is 2.22. The number of carbonyl (C=O) groups is 1. The number of hydrogen-bond donors (Lipinski definition) is 1. The lowest BCUT2D eigenvalue weighted by atomic mass is 10.0. The van der Waals surface area contributed by atoms with Crippen molar-refractivity contribution in [3.8, 4) is 0 Å². The minimum Gasteiger partial charge on any atom is -0.380 e. The highest BCUT2D eigenvalue weighted by molar-refractivity contribution is 9.10. The Hall–Kier alpha value is -1.92. The quantitative estimate of drug-likeness (QED) is 0.657. The summed E-state index contributed by atoms with van der Waals surface area (Å²) < 4.78 is 7.81. The average molecular weight is 435 g/mol. The van der Waals surface area contributed by atoms with Gasteiger partial charge < -0.3 is 14.6 Å². The SMILES string of the molecule is CCOCCn1c(C)c(Br)c(=O)c(C(=O)Nc2c(C)cccc2CC)c1C. The first-order chi connectivity index (χ1) is 12.8. The Labute approximate surface area is 168 Å². The summed E-state index contributed by atoms with van der Waals surface area (Å²) in [7, 11) is 0. The van der Waals surface area contributed by atoms with Gasteiger partial charge in [-0.2, -0.15) is 0 Å². The Morgan fingerprint density at radius 3 is 2.52 bits per heavy atom. The van der Waals surface area contributed by atoms with Crippen LogP contribution in [0.25, 0.3) is 0 Å². The molecule has 2 rings (SSSR count). The monoisotopic (exact) mass is 434 g/mol. The van der Waals surface area contributed by atoms with Crippen LogP contribution < -0.4 is 10.7 Å². The van der Waals surface area contributed by atoms with Crippen LogP contribution in [0.2, 0.25) is 0 Å². The Morgan fingerprint density at radius 2 is 1.89 bits per heavy atom. The number of aromatic nitrogens is 1. The molecular weight excluding hydrogens is 408 g/mol. The summed E-state index contributed by atoms with van der Waals surface area (Å²) in [6, 6.07) is 5.91. The summed E-state index contributed by atoms with van der Waals surface area (Å²) in [5, 5.41) is 2.96. The van der Waals surface area contributed by atoms with Crippen molar-refractivity contribution in [3.05, 3.63) is 61.0 Å². The van der Waals surface area contributed by atoms with Gasteiger partial charge in [0.25, 0.3) is 5.91 Å². The number of rotatable bonds is 7. The molecule has 146 valence electrons. The first-order valence-corrected chi connectivity index (χ1v) is 9.99. The second kappa shape index (κ2) is 9.33. The number of para-hydroxylation sites is 1. The maximum absolute atomic E-state index is 13.0. The topological polar surface area (TPSA) is 60.3 Å². The van der Waals surface area contributed by atoms with E-state index >= 15 is 0 Å². The molecule has 1 aromatic heterocycles. The van der Waals surface area contributed by atoms with Crippen molar-refractivity contribution in [3.63, 3.8) is 0 Å². The zero-order chi connectivity index (χ0) is 20.1. The molecule has 0 aliphatic carbocycles. The standard InChI is InChI=1S/C21H27BrN2O3/c1-6-16-10-8-9-13(3)19(16)23-21(26)17-14(4)24(11-12-27-7-2)15(5)18(22)20(17)25/h8-10H,6-7,11-12H2,1-5H3,(H,23,26). The van der Waals surface area contributed by atoms with Gasteiger partial charge in [0.1, 0.15) is 5.56 Å². The molecule has 0 radical (unpaired) electrons. The van der Waals surface area contributed by atoms with Crippen LogP contribution in [0.3, 0.4) is 0 Å². The minimum absolute atomic E-state index is 0.161. The third-order valence-corrected chi connectivity index (χ3v) is 5.72. The van der Waals surface area contributed by atoms with Crippen LogP contribution in [0.4, 0.5) is 5.69 Å². The molecule has 1 N–H and O–H groups in total. The van der Waals surface area contributed by atoms with Gasteiger partial charge in [-0.15, -0.1) is 0 Å². The number of nitrogens with zero attached hydrogens (tertiary/aromatic N) is 1. The lowest BCUT2D eigenvalue weighted by Crippen LogP contribution is -2.29. The van der Waals surface area contributed by atoms with E-state index in [4.69, 9.17) is 4.74 Å². The molecule has 0 fully saturated rings. The summed E-state index contributed by atoms with van der Waals surface area (Å²) >= 11 is 3.37. The van der Waals surface area contributed by atoms with E-state index < -0.39 is 0 Å². The fourth-order valence-corrected chi connectivity index (χ4v) is 3.64. The molecule has 1 heterocycles. The van der Waals surface area contributed by atoms with Gasteiger partial charge in [0.15, 0.2) is 0 Å². The zero-order valence-corrected chi connectivity index (χ0v) is 18.2. The van der Waals surface area contributed by atoms with Crippen molar-refractivity contribution < 1.29 is 9.53 Å². The number of pyridine rings is 1. The molecule has 1 aromatic carbocycles. The number of nitrogens with one attached hydrogen (secondary N) is 1. The average Bonchev–Trinajstić information content (AvgIpc) is 2.64. The van der Waals surface area contributed by atoms with Crippen molar-refractivity contribution in [2.24, 2.45) is 0 Å². The largest absolute Gasteiger partial charge is 0.380 e. The van der Waals surface area contributed by atoms with Gasteiger partial charge in [-0.25, -0.2) is 0 Å². The van der Waals surface area contributed by atoms with Gasteiger partial charge in [-0.05, 0) is 61.2 Å². The smallest absolute Gasteiger partial charge is 0.261 e. The lowest BCUT2D eigenvalue weighted by Gasteiger charge is -2.20. The third-order valence-electron chi connectivity index (χ3n) is 4.78. The fourth-order valence-electron chi connectivity index (χ4n) is 3.22. The number of carbonyl (C=O) groups excluding carboxylic acids is 1. The Bertz CT molecular complexity index is 903. The number of aryl methyl sites for hydroxylation is 2. The first kappa shape index (κ1) is 21.4. The highest BCUT2D eigenvalue weighted by atomic mass is 79.9. The summed E-state index contributed by atoms with van der Waals surface area (Å²) in [6.07, 6.45) is 0.798. The Morgan fingerprint density at radius 1 is 1.19 bits per heavy atom. The number of halogens is 1. The Kier molecular flexibility index (Phi) is 7.39. The molecule has 5 nitrogen and oxygen atoms in total.